The van der Waals surface area contributed by atoms with Crippen LogP contribution in [-0.2, 0) is 16.8 Å². The number of nitrogens with one attached hydrogen (secondary N) is 1. The molecule has 1 spiro atoms. The second-order valence-corrected chi connectivity index (χ2v) is 7.93. The summed E-state index contributed by atoms with van der Waals surface area (Å²) in [4.78, 5) is 16.3. The molecule has 6 heteroatoms. The van der Waals surface area contributed by atoms with Crippen molar-refractivity contribution in [3.8, 4) is 0 Å². The molecule has 2 aliphatic heterocycles. The molecular formula is C18H22N4OS. The summed E-state index contributed by atoms with van der Waals surface area (Å²) < 4.78 is 4.12. The lowest BCUT2D eigenvalue weighted by Gasteiger charge is -2.37. The van der Waals surface area contributed by atoms with Crippen molar-refractivity contribution in [1.82, 2.24) is 14.5 Å². The van der Waals surface area contributed by atoms with Gasteiger partial charge >= 0.3 is 0 Å². The largest absolute Gasteiger partial charge is 0.325 e. The molecule has 1 N–H and O–H groups in total. The molecule has 0 atom stereocenters. The van der Waals surface area contributed by atoms with Gasteiger partial charge in [-0.25, -0.2) is 0 Å². The Hall–Kier alpha value is -1.79. The lowest BCUT2D eigenvalue weighted by Crippen LogP contribution is -2.46. The lowest BCUT2D eigenvalue weighted by molar-refractivity contribution is -0.122. The fourth-order valence-electron chi connectivity index (χ4n) is 3.93. The number of benzene rings is 1. The van der Waals surface area contributed by atoms with E-state index in [9.17, 15) is 4.79 Å². The third-order valence-electron chi connectivity index (χ3n) is 5.33. The maximum absolute atomic E-state index is 12.6. The van der Waals surface area contributed by atoms with E-state index in [1.165, 1.54) is 22.0 Å². The molecule has 1 aromatic carbocycles. The van der Waals surface area contributed by atoms with Gasteiger partial charge in [0, 0.05) is 12.2 Å². The van der Waals surface area contributed by atoms with E-state index >= 15 is 0 Å². The molecule has 126 valence electrons. The highest BCUT2D eigenvalue weighted by Gasteiger charge is 2.48. The van der Waals surface area contributed by atoms with E-state index in [1.807, 2.05) is 18.2 Å². The maximum atomic E-state index is 12.6. The highest BCUT2D eigenvalue weighted by Crippen LogP contribution is 2.45. The first-order chi connectivity index (χ1) is 11.6. The number of piperidine rings is 1. The maximum Gasteiger partial charge on any atom is 0.235 e. The minimum atomic E-state index is -0.333. The molecule has 0 saturated carbocycles. The van der Waals surface area contributed by atoms with Gasteiger partial charge in [0.05, 0.1) is 16.0 Å². The van der Waals surface area contributed by atoms with Gasteiger partial charge in [-0.05, 0) is 55.0 Å². The van der Waals surface area contributed by atoms with Gasteiger partial charge in [0.2, 0.25) is 5.91 Å². The van der Waals surface area contributed by atoms with Gasteiger partial charge in [-0.1, -0.05) is 36.5 Å². The minimum absolute atomic E-state index is 0.172. The summed E-state index contributed by atoms with van der Waals surface area (Å²) in [7, 11) is 0. The number of amides is 1. The molecule has 5 nitrogen and oxygen atoms in total. The van der Waals surface area contributed by atoms with Crippen molar-refractivity contribution in [3.63, 3.8) is 0 Å². The summed E-state index contributed by atoms with van der Waals surface area (Å²) in [6, 6.07) is 8.13. The first kappa shape index (κ1) is 15.7. The van der Waals surface area contributed by atoms with Gasteiger partial charge in [-0.2, -0.15) is 0 Å². The molecule has 1 amide bonds. The average Bonchev–Trinajstić information content (AvgIpc) is 3.14. The molecule has 3 heterocycles. The van der Waals surface area contributed by atoms with Gasteiger partial charge in [-0.3, -0.25) is 9.69 Å². The Balaban J connectivity index is 1.49. The van der Waals surface area contributed by atoms with Crippen LogP contribution in [0.1, 0.15) is 48.7 Å². The van der Waals surface area contributed by atoms with Crippen LogP contribution in [0.2, 0.25) is 0 Å². The standard InChI is InChI=1S/C18H22N4OS/c1-12(2)16-15(24-21-20-16)11-22-9-7-18(8-10-22)13-5-3-4-6-14(13)19-17(18)23/h3-6,12H,7-11H2,1-2H3,(H,19,23). The summed E-state index contributed by atoms with van der Waals surface area (Å²) in [5.74, 6) is 0.577. The van der Waals surface area contributed by atoms with Crippen molar-refractivity contribution in [2.24, 2.45) is 0 Å². The predicted molar refractivity (Wildman–Crippen MR) is 95.3 cm³/mol. The van der Waals surface area contributed by atoms with Gasteiger partial charge in [0.25, 0.3) is 0 Å². The van der Waals surface area contributed by atoms with Crippen molar-refractivity contribution < 1.29 is 4.79 Å². The molecule has 2 aliphatic rings. The van der Waals surface area contributed by atoms with Crippen LogP contribution >= 0.6 is 11.5 Å². The van der Waals surface area contributed by atoms with Crippen LogP contribution in [0.5, 0.6) is 0 Å². The Morgan fingerprint density at radius 2 is 2.04 bits per heavy atom. The predicted octanol–water partition coefficient (Wildman–Crippen LogP) is 3.15. The summed E-state index contributed by atoms with van der Waals surface area (Å²) >= 11 is 1.50. The van der Waals surface area contributed by atoms with E-state index in [4.69, 9.17) is 0 Å². The molecule has 0 aliphatic carbocycles. The van der Waals surface area contributed by atoms with Crippen molar-refractivity contribution >= 4 is 23.1 Å². The number of hydrogen-bond acceptors (Lipinski definition) is 5. The van der Waals surface area contributed by atoms with Crippen molar-refractivity contribution in [2.45, 2.75) is 44.6 Å². The first-order valence-electron chi connectivity index (χ1n) is 8.54. The summed E-state index contributed by atoms with van der Waals surface area (Å²) in [6.45, 7) is 7.06. The Bertz CT molecular complexity index is 762. The third-order valence-corrected chi connectivity index (χ3v) is 6.06. The minimum Gasteiger partial charge on any atom is -0.325 e. The number of aromatic nitrogens is 2. The number of carbonyl (C=O) groups is 1. The quantitative estimate of drug-likeness (QED) is 0.931. The molecule has 2 aromatic rings. The number of carbonyl (C=O) groups excluding carboxylic acids is 1. The number of hydrogen-bond donors (Lipinski definition) is 1. The molecule has 0 bridgehead atoms. The third kappa shape index (κ3) is 2.45. The zero-order valence-electron chi connectivity index (χ0n) is 14.1. The molecule has 0 unspecified atom stereocenters. The summed E-state index contributed by atoms with van der Waals surface area (Å²) in [5.41, 5.74) is 2.95. The highest BCUT2D eigenvalue weighted by atomic mass is 32.1. The van der Waals surface area contributed by atoms with Crippen molar-refractivity contribution in [3.05, 3.63) is 40.4 Å². The number of fused-ring (bicyclic) bond motifs is 2. The van der Waals surface area contributed by atoms with E-state index in [2.05, 4.69) is 39.7 Å². The van der Waals surface area contributed by atoms with E-state index in [1.54, 1.807) is 0 Å². The van der Waals surface area contributed by atoms with Crippen LogP contribution in [0, 0.1) is 0 Å². The molecule has 4 rings (SSSR count). The van der Waals surface area contributed by atoms with Crippen LogP contribution in [0.3, 0.4) is 0 Å². The average molecular weight is 342 g/mol. The van der Waals surface area contributed by atoms with E-state index in [0.29, 0.717) is 5.92 Å². The SMILES string of the molecule is CC(C)c1nnsc1CN1CCC2(CC1)C(=O)Nc1ccccc12. The smallest absolute Gasteiger partial charge is 0.235 e. The van der Waals surface area contributed by atoms with Crippen LogP contribution in [-0.4, -0.2) is 33.5 Å². The normalized spacial score (nSPS) is 19.7. The van der Waals surface area contributed by atoms with Gasteiger partial charge in [0.15, 0.2) is 0 Å². The van der Waals surface area contributed by atoms with E-state index in [0.717, 1.165) is 43.9 Å². The molecule has 1 saturated heterocycles. The Morgan fingerprint density at radius 1 is 1.29 bits per heavy atom. The second-order valence-electron chi connectivity index (χ2n) is 7.09. The Morgan fingerprint density at radius 3 is 2.79 bits per heavy atom. The van der Waals surface area contributed by atoms with Crippen molar-refractivity contribution in [2.75, 3.05) is 18.4 Å². The topological polar surface area (TPSA) is 58.1 Å². The summed E-state index contributed by atoms with van der Waals surface area (Å²) in [6.07, 6.45) is 1.75. The monoisotopic (exact) mass is 342 g/mol. The molecule has 1 aromatic heterocycles. The van der Waals surface area contributed by atoms with Crippen LogP contribution < -0.4 is 5.32 Å². The number of likely N-dealkylation sites (tertiary alicyclic amines) is 1. The fraction of sp³-hybridized carbons (Fsp3) is 0.500. The molecule has 1 fully saturated rings. The van der Waals surface area contributed by atoms with Gasteiger partial charge < -0.3 is 5.32 Å². The number of anilines is 1. The van der Waals surface area contributed by atoms with E-state index in [-0.39, 0.29) is 11.3 Å². The molecule has 0 radical (unpaired) electrons. The molecule has 24 heavy (non-hydrogen) atoms. The van der Waals surface area contributed by atoms with E-state index < -0.39 is 0 Å². The summed E-state index contributed by atoms with van der Waals surface area (Å²) in [5, 5.41) is 7.34. The first-order valence-corrected chi connectivity index (χ1v) is 9.32. The highest BCUT2D eigenvalue weighted by molar-refractivity contribution is 7.05. The number of para-hydroxylation sites is 1. The Kier molecular flexibility index (Phi) is 3.89. The van der Waals surface area contributed by atoms with Crippen LogP contribution in [0.15, 0.2) is 24.3 Å². The molecular weight excluding hydrogens is 320 g/mol. The second kappa shape index (κ2) is 5.93. The number of rotatable bonds is 3. The van der Waals surface area contributed by atoms with Gasteiger partial charge in [-0.15, -0.1) is 5.10 Å². The lowest BCUT2D eigenvalue weighted by atomic mass is 9.73. The van der Waals surface area contributed by atoms with Crippen LogP contribution in [0.25, 0.3) is 0 Å². The van der Waals surface area contributed by atoms with Crippen LogP contribution in [0.4, 0.5) is 5.69 Å². The Labute approximate surface area is 146 Å². The number of nitrogens with zero attached hydrogens (tertiary/aromatic N) is 3. The zero-order chi connectivity index (χ0) is 16.7. The fourth-order valence-corrected chi connectivity index (χ4v) is 4.77. The van der Waals surface area contributed by atoms with Gasteiger partial charge in [0.1, 0.15) is 0 Å². The van der Waals surface area contributed by atoms with Crippen molar-refractivity contribution in [1.29, 1.82) is 0 Å². The zero-order valence-corrected chi connectivity index (χ0v) is 14.9.